The number of benzene rings is 1. The molecule has 20 heavy (non-hydrogen) atoms. The molecular weight excluding hydrogens is 369 g/mol. The van der Waals surface area contributed by atoms with Crippen molar-refractivity contribution >= 4 is 50.6 Å². The molecule has 1 heterocycles. The van der Waals surface area contributed by atoms with Crippen LogP contribution in [-0.4, -0.2) is 24.2 Å². The van der Waals surface area contributed by atoms with Crippen LogP contribution in [0, 0.1) is 0 Å². The monoisotopic (exact) mass is 377 g/mol. The molecule has 0 saturated heterocycles. The molecule has 2 rings (SSSR count). The SMILES string of the molecule is COc1cc(OC)c(Nc2ncnc(Cl)c2Br)cc1Cl. The second kappa shape index (κ2) is 6.47. The van der Waals surface area contributed by atoms with E-state index >= 15 is 0 Å². The van der Waals surface area contributed by atoms with Crippen molar-refractivity contribution in [3.63, 3.8) is 0 Å². The van der Waals surface area contributed by atoms with Crippen LogP contribution in [0.15, 0.2) is 22.9 Å². The summed E-state index contributed by atoms with van der Waals surface area (Å²) in [6.07, 6.45) is 1.35. The lowest BCUT2D eigenvalue weighted by Crippen LogP contribution is -1.99. The van der Waals surface area contributed by atoms with E-state index in [4.69, 9.17) is 32.7 Å². The number of hydrogen-bond acceptors (Lipinski definition) is 5. The molecule has 5 nitrogen and oxygen atoms in total. The molecule has 0 atom stereocenters. The lowest BCUT2D eigenvalue weighted by atomic mass is 10.2. The maximum Gasteiger partial charge on any atom is 0.149 e. The van der Waals surface area contributed by atoms with E-state index < -0.39 is 0 Å². The molecule has 0 aliphatic rings. The van der Waals surface area contributed by atoms with Crippen molar-refractivity contribution in [1.29, 1.82) is 0 Å². The molecule has 0 aliphatic heterocycles. The zero-order chi connectivity index (χ0) is 14.7. The number of ether oxygens (including phenoxy) is 2. The molecule has 0 unspecified atom stereocenters. The van der Waals surface area contributed by atoms with Crippen molar-refractivity contribution in [2.75, 3.05) is 19.5 Å². The Labute approximate surface area is 134 Å². The fraction of sp³-hybridized carbons (Fsp3) is 0.167. The summed E-state index contributed by atoms with van der Waals surface area (Å²) in [4.78, 5) is 7.96. The second-order valence-corrected chi connectivity index (χ2v) is 5.20. The Morgan fingerprint density at radius 2 is 1.80 bits per heavy atom. The van der Waals surface area contributed by atoms with Crippen LogP contribution in [0.25, 0.3) is 0 Å². The van der Waals surface area contributed by atoms with E-state index in [1.807, 2.05) is 0 Å². The summed E-state index contributed by atoms with van der Waals surface area (Å²) >= 11 is 15.3. The molecule has 0 bridgehead atoms. The van der Waals surface area contributed by atoms with Gasteiger partial charge < -0.3 is 14.8 Å². The first kappa shape index (κ1) is 15.2. The van der Waals surface area contributed by atoms with Crippen LogP contribution in [0.4, 0.5) is 11.5 Å². The van der Waals surface area contributed by atoms with Crippen LogP contribution in [0.1, 0.15) is 0 Å². The largest absolute Gasteiger partial charge is 0.495 e. The molecule has 0 aliphatic carbocycles. The Balaban J connectivity index is 2.42. The van der Waals surface area contributed by atoms with Gasteiger partial charge >= 0.3 is 0 Å². The molecule has 0 amide bonds. The summed E-state index contributed by atoms with van der Waals surface area (Å²) in [6, 6.07) is 3.36. The molecular formula is C12H10BrCl2N3O2. The summed E-state index contributed by atoms with van der Waals surface area (Å²) in [7, 11) is 3.09. The molecule has 0 spiro atoms. The molecule has 106 valence electrons. The highest BCUT2D eigenvalue weighted by atomic mass is 79.9. The van der Waals surface area contributed by atoms with E-state index in [0.29, 0.717) is 37.7 Å². The Kier molecular flexibility index (Phi) is 4.91. The van der Waals surface area contributed by atoms with E-state index in [2.05, 4.69) is 31.2 Å². The number of aromatic nitrogens is 2. The zero-order valence-electron chi connectivity index (χ0n) is 10.6. The molecule has 0 radical (unpaired) electrons. The van der Waals surface area contributed by atoms with Crippen molar-refractivity contribution in [1.82, 2.24) is 9.97 Å². The Morgan fingerprint density at radius 3 is 2.45 bits per heavy atom. The molecule has 1 N–H and O–H groups in total. The maximum atomic E-state index is 6.10. The molecule has 2 aromatic rings. The predicted octanol–water partition coefficient (Wildman–Crippen LogP) is 4.31. The smallest absolute Gasteiger partial charge is 0.149 e. The number of methoxy groups -OCH3 is 2. The summed E-state index contributed by atoms with van der Waals surface area (Å²) < 4.78 is 11.0. The van der Waals surface area contributed by atoms with Gasteiger partial charge in [-0.1, -0.05) is 23.2 Å². The highest BCUT2D eigenvalue weighted by Gasteiger charge is 2.13. The van der Waals surface area contributed by atoms with Gasteiger partial charge in [0.15, 0.2) is 0 Å². The fourth-order valence-corrected chi connectivity index (χ4v) is 2.20. The van der Waals surface area contributed by atoms with Crippen LogP contribution >= 0.6 is 39.1 Å². The van der Waals surface area contributed by atoms with Gasteiger partial charge in [-0.15, -0.1) is 0 Å². The summed E-state index contributed by atoms with van der Waals surface area (Å²) in [5, 5.41) is 3.83. The Morgan fingerprint density at radius 1 is 1.10 bits per heavy atom. The predicted molar refractivity (Wildman–Crippen MR) is 82.6 cm³/mol. The van der Waals surface area contributed by atoms with Crippen molar-refractivity contribution in [2.24, 2.45) is 0 Å². The average molecular weight is 379 g/mol. The van der Waals surface area contributed by atoms with Gasteiger partial charge in [0.2, 0.25) is 0 Å². The topological polar surface area (TPSA) is 56.3 Å². The highest BCUT2D eigenvalue weighted by Crippen LogP contribution is 2.38. The van der Waals surface area contributed by atoms with Crippen LogP contribution in [0.2, 0.25) is 10.2 Å². The number of nitrogens with zero attached hydrogens (tertiary/aromatic N) is 2. The molecule has 0 saturated carbocycles. The molecule has 0 fully saturated rings. The van der Waals surface area contributed by atoms with E-state index in [-0.39, 0.29) is 0 Å². The van der Waals surface area contributed by atoms with Crippen molar-refractivity contribution in [2.45, 2.75) is 0 Å². The van der Waals surface area contributed by atoms with Gasteiger partial charge in [0, 0.05) is 6.07 Å². The van der Waals surface area contributed by atoms with Crippen molar-refractivity contribution in [3.05, 3.63) is 33.1 Å². The third kappa shape index (κ3) is 3.08. The number of rotatable bonds is 4. The van der Waals surface area contributed by atoms with Crippen molar-refractivity contribution in [3.8, 4) is 11.5 Å². The van der Waals surface area contributed by atoms with E-state index in [0.717, 1.165) is 0 Å². The van der Waals surface area contributed by atoms with Crippen LogP contribution in [0.3, 0.4) is 0 Å². The third-order valence-corrected chi connectivity index (χ3v) is 4.04. The van der Waals surface area contributed by atoms with E-state index in [1.54, 1.807) is 19.2 Å². The molecule has 1 aromatic heterocycles. The molecule has 1 aromatic carbocycles. The highest BCUT2D eigenvalue weighted by molar-refractivity contribution is 9.10. The lowest BCUT2D eigenvalue weighted by Gasteiger charge is -2.14. The lowest BCUT2D eigenvalue weighted by molar-refractivity contribution is 0.396. The number of halogens is 3. The van der Waals surface area contributed by atoms with E-state index in [1.165, 1.54) is 13.4 Å². The summed E-state index contributed by atoms with van der Waals surface area (Å²) in [5.41, 5.74) is 0.633. The van der Waals surface area contributed by atoms with Gasteiger partial charge in [0.05, 0.1) is 29.4 Å². The quantitative estimate of drug-likeness (QED) is 0.803. The minimum Gasteiger partial charge on any atom is -0.495 e. The average Bonchev–Trinajstić information content (AvgIpc) is 2.44. The first-order valence-corrected chi connectivity index (χ1v) is 6.96. The number of nitrogens with one attached hydrogen (secondary N) is 1. The first-order chi connectivity index (χ1) is 9.56. The third-order valence-electron chi connectivity index (χ3n) is 2.47. The van der Waals surface area contributed by atoms with Gasteiger partial charge in [0.1, 0.15) is 28.8 Å². The normalized spacial score (nSPS) is 10.2. The first-order valence-electron chi connectivity index (χ1n) is 5.41. The standard InChI is InChI=1S/C12H10BrCl2N3O2/c1-19-8-4-9(20-2)7(3-6(8)14)18-12-10(13)11(15)16-5-17-12/h3-5H,1-2H3,(H,16,17,18). The van der Waals surface area contributed by atoms with Crippen LogP contribution < -0.4 is 14.8 Å². The fourth-order valence-electron chi connectivity index (χ4n) is 1.52. The van der Waals surface area contributed by atoms with Gasteiger partial charge in [-0.05, 0) is 22.0 Å². The van der Waals surface area contributed by atoms with Crippen LogP contribution in [0.5, 0.6) is 11.5 Å². The van der Waals surface area contributed by atoms with Gasteiger partial charge in [-0.2, -0.15) is 0 Å². The summed E-state index contributed by atoms with van der Waals surface area (Å²) in [6.45, 7) is 0. The minimum atomic E-state index is 0.307. The van der Waals surface area contributed by atoms with Crippen LogP contribution in [-0.2, 0) is 0 Å². The van der Waals surface area contributed by atoms with E-state index in [9.17, 15) is 0 Å². The number of hydrogen-bond donors (Lipinski definition) is 1. The van der Waals surface area contributed by atoms with Gasteiger partial charge in [0.25, 0.3) is 0 Å². The maximum absolute atomic E-state index is 6.10. The van der Waals surface area contributed by atoms with Gasteiger partial charge in [-0.25, -0.2) is 9.97 Å². The summed E-state index contributed by atoms with van der Waals surface area (Å²) in [5.74, 6) is 1.59. The minimum absolute atomic E-state index is 0.307. The Hall–Kier alpha value is -1.24. The zero-order valence-corrected chi connectivity index (χ0v) is 13.7. The Bertz CT molecular complexity index is 640. The second-order valence-electron chi connectivity index (χ2n) is 3.64. The number of anilines is 2. The van der Waals surface area contributed by atoms with Gasteiger partial charge in [-0.3, -0.25) is 0 Å². The van der Waals surface area contributed by atoms with Crippen molar-refractivity contribution < 1.29 is 9.47 Å². The molecule has 8 heteroatoms.